The molecule has 2 aromatic rings. The van der Waals surface area contributed by atoms with Gasteiger partial charge in [0.2, 0.25) is 0 Å². The summed E-state index contributed by atoms with van der Waals surface area (Å²) >= 11 is 0. The Bertz CT molecular complexity index is 1110. The molecule has 1 heterocycles. The van der Waals surface area contributed by atoms with Crippen molar-refractivity contribution in [3.8, 4) is 0 Å². The topological polar surface area (TPSA) is 94.2 Å². The molecule has 0 amide bonds. The molecule has 0 radical (unpaired) electrons. The molecule has 0 aromatic heterocycles. The fraction of sp³-hybridized carbons (Fsp3) is 0.531. The van der Waals surface area contributed by atoms with Crippen molar-refractivity contribution in [3.63, 3.8) is 0 Å². The fourth-order valence-corrected chi connectivity index (χ4v) is 5.32. The lowest BCUT2D eigenvalue weighted by atomic mass is 9.77. The maximum atomic E-state index is 13.3. The van der Waals surface area contributed by atoms with Crippen LogP contribution in [0.4, 0.5) is 0 Å². The standard InChI is InChI=1S/C32H43N3O4/c1-2-3-4-5-6-7-18-39-30(36)22-27-14-12-25-13-15-28(21-29(25)31(27)33)32(37)26-10-8-24(9-11-26)23-34-35-16-19-38-20-17-35/h8-11,13,15,21,23,27,31H,2-7,12,14,16-20,22,33H2,1H3. The van der Waals surface area contributed by atoms with Crippen LogP contribution in [0.2, 0.25) is 0 Å². The smallest absolute Gasteiger partial charge is 0.306 e. The molecule has 39 heavy (non-hydrogen) atoms. The first-order chi connectivity index (χ1) is 19.0. The van der Waals surface area contributed by atoms with Crippen LogP contribution in [0.5, 0.6) is 0 Å². The zero-order chi connectivity index (χ0) is 27.5. The summed E-state index contributed by atoms with van der Waals surface area (Å²) in [6, 6.07) is 13.0. The highest BCUT2D eigenvalue weighted by atomic mass is 16.5. The fourth-order valence-electron chi connectivity index (χ4n) is 5.32. The molecule has 210 valence electrons. The average Bonchev–Trinajstić information content (AvgIpc) is 2.97. The molecule has 7 nitrogen and oxygen atoms in total. The van der Waals surface area contributed by atoms with Gasteiger partial charge in [0.25, 0.3) is 0 Å². The third-order valence-corrected chi connectivity index (χ3v) is 7.78. The van der Waals surface area contributed by atoms with Crippen molar-refractivity contribution in [3.05, 3.63) is 70.3 Å². The summed E-state index contributed by atoms with van der Waals surface area (Å²) < 4.78 is 10.9. The molecule has 0 bridgehead atoms. The molecule has 0 spiro atoms. The van der Waals surface area contributed by atoms with Crippen LogP contribution in [0.25, 0.3) is 0 Å². The monoisotopic (exact) mass is 533 g/mol. The van der Waals surface area contributed by atoms with Crippen molar-refractivity contribution in [2.45, 2.75) is 70.8 Å². The van der Waals surface area contributed by atoms with Crippen LogP contribution in [0.15, 0.2) is 47.6 Å². The van der Waals surface area contributed by atoms with Crippen LogP contribution >= 0.6 is 0 Å². The number of ketones is 1. The number of rotatable bonds is 13. The van der Waals surface area contributed by atoms with Crippen molar-refractivity contribution in [2.24, 2.45) is 16.8 Å². The van der Waals surface area contributed by atoms with Gasteiger partial charge in [-0.1, -0.05) is 75.4 Å². The van der Waals surface area contributed by atoms with Gasteiger partial charge in [-0.2, -0.15) is 5.10 Å². The number of nitrogens with two attached hydrogens (primary N) is 1. The highest BCUT2D eigenvalue weighted by molar-refractivity contribution is 6.09. The Labute approximate surface area is 232 Å². The number of morpholine rings is 1. The minimum Gasteiger partial charge on any atom is -0.466 e. The number of nitrogens with zero attached hydrogens (tertiary/aromatic N) is 2. The number of hydrogen-bond acceptors (Lipinski definition) is 7. The summed E-state index contributed by atoms with van der Waals surface area (Å²) in [6.07, 6.45) is 10.8. The predicted molar refractivity (Wildman–Crippen MR) is 154 cm³/mol. The maximum absolute atomic E-state index is 13.3. The molecule has 1 fully saturated rings. The van der Waals surface area contributed by atoms with E-state index >= 15 is 0 Å². The minimum atomic E-state index is -0.290. The van der Waals surface area contributed by atoms with Crippen LogP contribution in [0.1, 0.15) is 96.9 Å². The lowest BCUT2D eigenvalue weighted by Gasteiger charge is -2.31. The van der Waals surface area contributed by atoms with E-state index in [0.29, 0.717) is 37.4 Å². The summed E-state index contributed by atoms with van der Waals surface area (Å²) in [7, 11) is 0. The Hall–Kier alpha value is -3.03. The summed E-state index contributed by atoms with van der Waals surface area (Å²) in [5, 5.41) is 6.49. The number of benzene rings is 2. The quantitative estimate of drug-likeness (QED) is 0.159. The van der Waals surface area contributed by atoms with Gasteiger partial charge in [-0.3, -0.25) is 14.6 Å². The second kappa shape index (κ2) is 14.9. The number of ether oxygens (including phenoxy) is 2. The number of unbranched alkanes of at least 4 members (excludes halogenated alkanes) is 5. The summed E-state index contributed by atoms with van der Waals surface area (Å²) in [6.45, 7) is 5.65. The number of carbonyl (C=O) groups excluding carboxylic acids is 2. The van der Waals surface area contributed by atoms with Crippen LogP contribution in [0.3, 0.4) is 0 Å². The summed E-state index contributed by atoms with van der Waals surface area (Å²) in [5.41, 5.74) is 10.9. The van der Waals surface area contributed by atoms with Gasteiger partial charge in [-0.25, -0.2) is 0 Å². The van der Waals surface area contributed by atoms with Crippen LogP contribution < -0.4 is 5.73 Å². The minimum absolute atomic E-state index is 0.0185. The first-order valence-electron chi connectivity index (χ1n) is 14.6. The molecule has 2 aromatic carbocycles. The lowest BCUT2D eigenvalue weighted by molar-refractivity contribution is -0.145. The number of fused-ring (bicyclic) bond motifs is 1. The first kappa shape index (κ1) is 29.0. The summed E-state index contributed by atoms with van der Waals surface area (Å²) in [4.78, 5) is 25.8. The first-order valence-corrected chi connectivity index (χ1v) is 14.6. The van der Waals surface area contributed by atoms with Gasteiger partial charge in [0.15, 0.2) is 5.78 Å². The van der Waals surface area contributed by atoms with Gasteiger partial charge in [-0.05, 0) is 47.9 Å². The second-order valence-corrected chi connectivity index (χ2v) is 10.7. The second-order valence-electron chi connectivity index (χ2n) is 10.7. The van der Waals surface area contributed by atoms with Crippen molar-refractivity contribution in [2.75, 3.05) is 32.9 Å². The van der Waals surface area contributed by atoms with Gasteiger partial charge in [-0.15, -0.1) is 0 Å². The molecule has 1 aliphatic heterocycles. The molecule has 1 saturated heterocycles. The third-order valence-electron chi connectivity index (χ3n) is 7.78. The molecule has 2 aliphatic rings. The Kier molecular flexibility index (Phi) is 11.1. The van der Waals surface area contributed by atoms with Gasteiger partial charge in [0.1, 0.15) is 0 Å². The Morgan fingerprint density at radius 2 is 1.74 bits per heavy atom. The van der Waals surface area contributed by atoms with Crippen molar-refractivity contribution in [1.82, 2.24) is 5.01 Å². The van der Waals surface area contributed by atoms with E-state index in [4.69, 9.17) is 15.2 Å². The lowest BCUT2D eigenvalue weighted by Crippen LogP contribution is -2.32. The van der Waals surface area contributed by atoms with E-state index in [1.165, 1.54) is 25.7 Å². The Morgan fingerprint density at radius 3 is 2.51 bits per heavy atom. The van der Waals surface area contributed by atoms with Crippen molar-refractivity contribution < 1.29 is 19.1 Å². The number of hydrogen-bond donors (Lipinski definition) is 1. The highest BCUT2D eigenvalue weighted by Crippen LogP contribution is 2.36. The van der Waals surface area contributed by atoms with Crippen LogP contribution in [0, 0.1) is 5.92 Å². The Morgan fingerprint density at radius 1 is 1.03 bits per heavy atom. The largest absolute Gasteiger partial charge is 0.466 e. The van der Waals surface area contributed by atoms with E-state index in [2.05, 4.69) is 12.0 Å². The molecule has 1 aliphatic carbocycles. The molecule has 4 rings (SSSR count). The van der Waals surface area contributed by atoms with Gasteiger partial charge in [0.05, 0.1) is 45.5 Å². The van der Waals surface area contributed by atoms with Gasteiger partial charge < -0.3 is 15.2 Å². The SMILES string of the molecule is CCCCCCCCOC(=O)CC1CCc2ccc(C(=O)c3ccc(C=NN4CCOCC4)cc3)cc2C1N. The molecule has 2 atom stereocenters. The maximum Gasteiger partial charge on any atom is 0.306 e. The number of carbonyl (C=O) groups is 2. The van der Waals surface area contributed by atoms with Gasteiger partial charge >= 0.3 is 5.97 Å². The number of esters is 1. The van der Waals surface area contributed by atoms with E-state index in [9.17, 15) is 9.59 Å². The molecular weight excluding hydrogens is 490 g/mol. The van der Waals surface area contributed by atoms with E-state index < -0.39 is 0 Å². The van der Waals surface area contributed by atoms with E-state index in [0.717, 1.165) is 55.5 Å². The zero-order valence-corrected chi connectivity index (χ0v) is 23.3. The third kappa shape index (κ3) is 8.48. The molecule has 0 saturated carbocycles. The normalized spacial score (nSPS) is 19.2. The molecule has 7 heteroatoms. The number of hydrazone groups is 1. The predicted octanol–water partition coefficient (Wildman–Crippen LogP) is 5.44. The van der Waals surface area contributed by atoms with Crippen molar-refractivity contribution >= 4 is 18.0 Å². The number of aryl methyl sites for hydroxylation is 1. The van der Waals surface area contributed by atoms with E-state index in [1.807, 2.05) is 53.7 Å². The highest BCUT2D eigenvalue weighted by Gasteiger charge is 2.29. The molecule has 2 unspecified atom stereocenters. The molecule has 2 N–H and O–H groups in total. The summed E-state index contributed by atoms with van der Waals surface area (Å²) in [5.74, 6) is -0.191. The van der Waals surface area contributed by atoms with E-state index in [-0.39, 0.29) is 23.7 Å². The van der Waals surface area contributed by atoms with Crippen LogP contribution in [-0.2, 0) is 20.7 Å². The molecular formula is C32H43N3O4. The van der Waals surface area contributed by atoms with E-state index in [1.54, 1.807) is 0 Å². The van der Waals surface area contributed by atoms with Gasteiger partial charge in [0, 0.05) is 17.2 Å². The average molecular weight is 534 g/mol. The zero-order valence-electron chi connectivity index (χ0n) is 23.3. The Balaban J connectivity index is 1.31. The van der Waals surface area contributed by atoms with Crippen molar-refractivity contribution in [1.29, 1.82) is 0 Å². The van der Waals surface area contributed by atoms with Crippen LogP contribution in [-0.4, -0.2) is 55.9 Å².